The van der Waals surface area contributed by atoms with Gasteiger partial charge in [0.2, 0.25) is 0 Å². The SMILES string of the molecule is C1CC2CN3CCCCC3CNC2C1. The third-order valence-electron chi connectivity index (χ3n) is 4.49. The molecule has 14 heavy (non-hydrogen) atoms. The number of hydrogen-bond donors (Lipinski definition) is 1. The maximum atomic E-state index is 3.80. The Labute approximate surface area is 87.0 Å². The fraction of sp³-hybridized carbons (Fsp3) is 1.00. The second-order valence-corrected chi connectivity index (χ2v) is 5.35. The lowest BCUT2D eigenvalue weighted by molar-refractivity contribution is 0.143. The summed E-state index contributed by atoms with van der Waals surface area (Å²) in [6.07, 6.45) is 8.70. The first-order chi connectivity index (χ1) is 6.93. The van der Waals surface area contributed by atoms with Crippen LogP contribution in [0.2, 0.25) is 0 Å². The fourth-order valence-electron chi connectivity index (χ4n) is 3.64. The Balaban J connectivity index is 1.71. The van der Waals surface area contributed by atoms with Gasteiger partial charge in [0, 0.05) is 25.2 Å². The average Bonchev–Trinajstić information content (AvgIpc) is 2.58. The lowest BCUT2D eigenvalue weighted by Gasteiger charge is -2.34. The van der Waals surface area contributed by atoms with Crippen molar-refractivity contribution in [1.29, 1.82) is 0 Å². The summed E-state index contributed by atoms with van der Waals surface area (Å²) in [5, 5.41) is 3.80. The van der Waals surface area contributed by atoms with Crippen molar-refractivity contribution in [3.63, 3.8) is 0 Å². The number of nitrogens with one attached hydrogen (secondary N) is 1. The van der Waals surface area contributed by atoms with Crippen molar-refractivity contribution >= 4 is 0 Å². The smallest absolute Gasteiger partial charge is 0.0220 e. The predicted octanol–water partition coefficient (Wildman–Crippen LogP) is 1.61. The van der Waals surface area contributed by atoms with Gasteiger partial charge in [-0.15, -0.1) is 0 Å². The van der Waals surface area contributed by atoms with Crippen LogP contribution >= 0.6 is 0 Å². The predicted molar refractivity (Wildman–Crippen MR) is 58.3 cm³/mol. The van der Waals surface area contributed by atoms with Crippen LogP contribution in [-0.2, 0) is 0 Å². The summed E-state index contributed by atoms with van der Waals surface area (Å²) in [6, 6.07) is 1.73. The van der Waals surface area contributed by atoms with E-state index in [1.807, 2.05) is 0 Å². The maximum Gasteiger partial charge on any atom is 0.0220 e. The molecule has 0 aromatic carbocycles. The summed E-state index contributed by atoms with van der Waals surface area (Å²) in [5.41, 5.74) is 0. The van der Waals surface area contributed by atoms with Crippen LogP contribution in [0.3, 0.4) is 0 Å². The molecule has 1 saturated carbocycles. The summed E-state index contributed by atoms with van der Waals surface area (Å²) in [6.45, 7) is 4.03. The minimum Gasteiger partial charge on any atom is -0.312 e. The van der Waals surface area contributed by atoms with Gasteiger partial charge in [0.15, 0.2) is 0 Å². The summed E-state index contributed by atoms with van der Waals surface area (Å²) in [4.78, 5) is 2.77. The van der Waals surface area contributed by atoms with E-state index in [0.717, 1.165) is 18.0 Å². The zero-order valence-corrected chi connectivity index (χ0v) is 9.04. The minimum absolute atomic E-state index is 0.862. The van der Waals surface area contributed by atoms with E-state index in [1.54, 1.807) is 0 Å². The molecule has 0 spiro atoms. The van der Waals surface area contributed by atoms with Crippen molar-refractivity contribution in [2.45, 2.75) is 50.6 Å². The Hall–Kier alpha value is -0.0800. The summed E-state index contributed by atoms with van der Waals surface area (Å²) < 4.78 is 0. The first-order valence-electron chi connectivity index (χ1n) is 6.41. The van der Waals surface area contributed by atoms with Crippen molar-refractivity contribution in [2.24, 2.45) is 5.92 Å². The third kappa shape index (κ3) is 1.59. The van der Waals surface area contributed by atoms with Crippen LogP contribution in [0.5, 0.6) is 0 Å². The molecule has 3 rings (SSSR count). The largest absolute Gasteiger partial charge is 0.312 e. The van der Waals surface area contributed by atoms with E-state index < -0.39 is 0 Å². The van der Waals surface area contributed by atoms with Crippen molar-refractivity contribution < 1.29 is 0 Å². The third-order valence-corrected chi connectivity index (χ3v) is 4.49. The Morgan fingerprint density at radius 1 is 1.00 bits per heavy atom. The quantitative estimate of drug-likeness (QED) is 0.630. The van der Waals surface area contributed by atoms with Gasteiger partial charge in [0.25, 0.3) is 0 Å². The number of piperidine rings is 1. The van der Waals surface area contributed by atoms with E-state index in [-0.39, 0.29) is 0 Å². The van der Waals surface area contributed by atoms with Gasteiger partial charge in [-0.05, 0) is 38.1 Å². The molecule has 0 aromatic heterocycles. The second-order valence-electron chi connectivity index (χ2n) is 5.35. The van der Waals surface area contributed by atoms with Crippen molar-refractivity contribution in [3.05, 3.63) is 0 Å². The molecule has 3 aliphatic rings. The van der Waals surface area contributed by atoms with Gasteiger partial charge in [-0.1, -0.05) is 12.8 Å². The Bertz CT molecular complexity index is 204. The molecule has 2 saturated heterocycles. The molecular formula is C12H22N2. The van der Waals surface area contributed by atoms with Gasteiger partial charge in [-0.25, -0.2) is 0 Å². The Morgan fingerprint density at radius 3 is 3.00 bits per heavy atom. The molecule has 2 aliphatic heterocycles. The molecule has 2 nitrogen and oxygen atoms in total. The van der Waals surface area contributed by atoms with Gasteiger partial charge >= 0.3 is 0 Å². The van der Waals surface area contributed by atoms with Gasteiger partial charge in [-0.3, -0.25) is 4.90 Å². The molecule has 3 fully saturated rings. The van der Waals surface area contributed by atoms with E-state index >= 15 is 0 Å². The fourth-order valence-corrected chi connectivity index (χ4v) is 3.64. The van der Waals surface area contributed by atoms with Gasteiger partial charge in [-0.2, -0.15) is 0 Å². The van der Waals surface area contributed by atoms with Gasteiger partial charge < -0.3 is 5.32 Å². The van der Waals surface area contributed by atoms with E-state index in [0.29, 0.717) is 0 Å². The van der Waals surface area contributed by atoms with Crippen LogP contribution in [-0.4, -0.2) is 36.6 Å². The normalized spacial score (nSPS) is 44.1. The first kappa shape index (κ1) is 9.17. The molecule has 2 heterocycles. The highest BCUT2D eigenvalue weighted by Gasteiger charge is 2.35. The molecule has 3 atom stereocenters. The molecule has 0 amide bonds. The van der Waals surface area contributed by atoms with Gasteiger partial charge in [0.1, 0.15) is 0 Å². The van der Waals surface area contributed by atoms with Crippen LogP contribution in [0.1, 0.15) is 38.5 Å². The van der Waals surface area contributed by atoms with Crippen molar-refractivity contribution in [2.75, 3.05) is 19.6 Å². The molecule has 1 N–H and O–H groups in total. The summed E-state index contributed by atoms with van der Waals surface area (Å²) >= 11 is 0. The lowest BCUT2D eigenvalue weighted by Crippen LogP contribution is -2.43. The molecule has 2 heteroatoms. The molecule has 80 valence electrons. The lowest BCUT2D eigenvalue weighted by atomic mass is 10.0. The van der Waals surface area contributed by atoms with E-state index in [4.69, 9.17) is 0 Å². The highest BCUT2D eigenvalue weighted by Crippen LogP contribution is 2.31. The average molecular weight is 194 g/mol. The monoisotopic (exact) mass is 194 g/mol. The maximum absolute atomic E-state index is 3.80. The number of hydrogen-bond acceptors (Lipinski definition) is 2. The summed E-state index contributed by atoms with van der Waals surface area (Å²) in [5.74, 6) is 0.970. The topological polar surface area (TPSA) is 15.3 Å². The number of rotatable bonds is 0. The van der Waals surface area contributed by atoms with E-state index in [1.165, 1.54) is 58.2 Å². The van der Waals surface area contributed by atoms with Crippen LogP contribution in [0.4, 0.5) is 0 Å². The Kier molecular flexibility index (Phi) is 2.50. The van der Waals surface area contributed by atoms with Gasteiger partial charge in [0.05, 0.1) is 0 Å². The van der Waals surface area contributed by atoms with Crippen molar-refractivity contribution in [1.82, 2.24) is 10.2 Å². The molecule has 1 aliphatic carbocycles. The molecule has 0 aromatic rings. The molecule has 0 bridgehead atoms. The van der Waals surface area contributed by atoms with Crippen molar-refractivity contribution in [3.8, 4) is 0 Å². The molecule has 3 unspecified atom stereocenters. The zero-order chi connectivity index (χ0) is 9.38. The standard InChI is InChI=1S/C12H22N2/c1-2-7-14-9-10-4-3-6-12(10)13-8-11(14)5-1/h10-13H,1-9H2. The van der Waals surface area contributed by atoms with E-state index in [9.17, 15) is 0 Å². The van der Waals surface area contributed by atoms with Crippen LogP contribution in [0.25, 0.3) is 0 Å². The zero-order valence-electron chi connectivity index (χ0n) is 9.04. The van der Waals surface area contributed by atoms with Crippen LogP contribution in [0, 0.1) is 5.92 Å². The first-order valence-corrected chi connectivity index (χ1v) is 6.41. The molecular weight excluding hydrogens is 172 g/mol. The number of fused-ring (bicyclic) bond motifs is 2. The van der Waals surface area contributed by atoms with E-state index in [2.05, 4.69) is 10.2 Å². The van der Waals surface area contributed by atoms with Crippen LogP contribution < -0.4 is 5.32 Å². The summed E-state index contributed by atoms with van der Waals surface area (Å²) in [7, 11) is 0. The molecule has 0 radical (unpaired) electrons. The van der Waals surface area contributed by atoms with Crippen LogP contribution in [0.15, 0.2) is 0 Å². The number of nitrogens with zero attached hydrogens (tertiary/aromatic N) is 1. The minimum atomic E-state index is 0.862. The highest BCUT2D eigenvalue weighted by atomic mass is 15.2. The highest BCUT2D eigenvalue weighted by molar-refractivity contribution is 4.92. The Morgan fingerprint density at radius 2 is 2.00 bits per heavy atom. The second kappa shape index (κ2) is 3.82.